The highest BCUT2D eigenvalue weighted by molar-refractivity contribution is 5.28. The summed E-state index contributed by atoms with van der Waals surface area (Å²) in [6.07, 6.45) is 2.98. The summed E-state index contributed by atoms with van der Waals surface area (Å²) in [6.45, 7) is 4.96. The zero-order valence-corrected chi connectivity index (χ0v) is 9.70. The second-order valence-electron chi connectivity index (χ2n) is 3.81. The highest BCUT2D eigenvalue weighted by atomic mass is 16.5. The maximum absolute atomic E-state index is 5.81. The van der Waals surface area contributed by atoms with Gasteiger partial charge in [0.15, 0.2) is 0 Å². The van der Waals surface area contributed by atoms with E-state index >= 15 is 0 Å². The highest BCUT2D eigenvalue weighted by Gasteiger charge is 2.00. The van der Waals surface area contributed by atoms with Crippen LogP contribution in [-0.4, -0.2) is 12.6 Å². The highest BCUT2D eigenvalue weighted by Crippen LogP contribution is 2.14. The number of aryl methyl sites for hydroxylation is 1. The smallest absolute Gasteiger partial charge is 0.119 e. The predicted molar refractivity (Wildman–Crippen MR) is 64.2 cm³/mol. The summed E-state index contributed by atoms with van der Waals surface area (Å²) in [5, 5.41) is 0. The monoisotopic (exact) mass is 207 g/mol. The van der Waals surface area contributed by atoms with Crippen molar-refractivity contribution in [1.82, 2.24) is 0 Å². The summed E-state index contributed by atoms with van der Waals surface area (Å²) in [5.74, 6) is 0.956. The summed E-state index contributed by atoms with van der Waals surface area (Å²) in [7, 11) is 0. The quantitative estimate of drug-likeness (QED) is 0.778. The van der Waals surface area contributed by atoms with Gasteiger partial charge in [-0.3, -0.25) is 0 Å². The molecular weight excluding hydrogens is 186 g/mol. The predicted octanol–water partition coefficient (Wildman–Crippen LogP) is 2.76. The van der Waals surface area contributed by atoms with Crippen LogP contribution in [0.1, 0.15) is 32.3 Å². The third-order valence-corrected chi connectivity index (χ3v) is 2.59. The van der Waals surface area contributed by atoms with E-state index in [0.717, 1.165) is 25.0 Å². The molecule has 1 aromatic carbocycles. The van der Waals surface area contributed by atoms with Gasteiger partial charge in [0.05, 0.1) is 6.61 Å². The average Bonchev–Trinajstić information content (AvgIpc) is 2.29. The number of benzene rings is 1. The zero-order chi connectivity index (χ0) is 11.1. The van der Waals surface area contributed by atoms with Gasteiger partial charge in [-0.05, 0) is 37.0 Å². The molecule has 0 aliphatic heterocycles. The van der Waals surface area contributed by atoms with E-state index in [1.54, 1.807) is 0 Å². The molecule has 0 aliphatic rings. The molecule has 84 valence electrons. The molecule has 0 amide bonds. The lowest BCUT2D eigenvalue weighted by atomic mass is 10.1. The SMILES string of the molecule is CCc1cccc(OCCC(N)CC)c1. The van der Waals surface area contributed by atoms with Gasteiger partial charge < -0.3 is 10.5 Å². The second kappa shape index (κ2) is 6.46. The van der Waals surface area contributed by atoms with Crippen molar-refractivity contribution in [3.05, 3.63) is 29.8 Å². The van der Waals surface area contributed by atoms with Crippen molar-refractivity contribution < 1.29 is 4.74 Å². The minimum atomic E-state index is 0.263. The molecule has 2 heteroatoms. The molecular formula is C13H21NO. The fourth-order valence-electron chi connectivity index (χ4n) is 1.39. The Morgan fingerprint density at radius 1 is 1.33 bits per heavy atom. The van der Waals surface area contributed by atoms with Crippen LogP contribution in [0.25, 0.3) is 0 Å². The zero-order valence-electron chi connectivity index (χ0n) is 9.70. The first-order chi connectivity index (χ1) is 7.26. The molecule has 0 radical (unpaired) electrons. The van der Waals surface area contributed by atoms with Crippen LogP contribution in [0, 0.1) is 0 Å². The first-order valence-corrected chi connectivity index (χ1v) is 5.73. The van der Waals surface area contributed by atoms with Gasteiger partial charge in [0, 0.05) is 6.04 Å². The Balaban J connectivity index is 2.37. The Labute approximate surface area is 92.4 Å². The molecule has 0 aliphatic carbocycles. The van der Waals surface area contributed by atoms with Gasteiger partial charge in [0.2, 0.25) is 0 Å². The lowest BCUT2D eigenvalue weighted by Gasteiger charge is -2.10. The summed E-state index contributed by atoms with van der Waals surface area (Å²) >= 11 is 0. The van der Waals surface area contributed by atoms with Crippen LogP contribution in [0.3, 0.4) is 0 Å². The van der Waals surface area contributed by atoms with E-state index in [4.69, 9.17) is 10.5 Å². The molecule has 0 heterocycles. The number of hydrogen-bond acceptors (Lipinski definition) is 2. The van der Waals surface area contributed by atoms with E-state index in [-0.39, 0.29) is 6.04 Å². The fourth-order valence-corrected chi connectivity index (χ4v) is 1.39. The van der Waals surface area contributed by atoms with E-state index in [2.05, 4.69) is 26.0 Å². The van der Waals surface area contributed by atoms with Gasteiger partial charge in [-0.25, -0.2) is 0 Å². The Bertz CT molecular complexity index is 286. The average molecular weight is 207 g/mol. The van der Waals surface area contributed by atoms with Crippen LogP contribution in [0.15, 0.2) is 24.3 Å². The molecule has 1 atom stereocenters. The molecule has 0 spiro atoms. The maximum Gasteiger partial charge on any atom is 0.119 e. The molecule has 2 nitrogen and oxygen atoms in total. The van der Waals surface area contributed by atoms with Crippen molar-refractivity contribution in [3.63, 3.8) is 0 Å². The third-order valence-electron chi connectivity index (χ3n) is 2.59. The molecule has 0 saturated heterocycles. The number of hydrogen-bond donors (Lipinski definition) is 1. The largest absolute Gasteiger partial charge is 0.494 e. The van der Waals surface area contributed by atoms with Crippen molar-refractivity contribution in [1.29, 1.82) is 0 Å². The topological polar surface area (TPSA) is 35.2 Å². The molecule has 1 unspecified atom stereocenters. The number of ether oxygens (including phenoxy) is 1. The molecule has 0 aromatic heterocycles. The molecule has 2 N–H and O–H groups in total. The summed E-state index contributed by atoms with van der Waals surface area (Å²) < 4.78 is 5.64. The van der Waals surface area contributed by atoms with E-state index in [9.17, 15) is 0 Å². The fraction of sp³-hybridized carbons (Fsp3) is 0.538. The van der Waals surface area contributed by atoms with Crippen LogP contribution < -0.4 is 10.5 Å². The van der Waals surface area contributed by atoms with E-state index in [1.165, 1.54) is 5.56 Å². The lowest BCUT2D eigenvalue weighted by Crippen LogP contribution is -2.21. The van der Waals surface area contributed by atoms with Gasteiger partial charge in [-0.2, -0.15) is 0 Å². The van der Waals surface area contributed by atoms with Crippen LogP contribution in [0.5, 0.6) is 5.75 Å². The van der Waals surface area contributed by atoms with Crippen molar-refractivity contribution >= 4 is 0 Å². The number of nitrogens with two attached hydrogens (primary N) is 1. The van der Waals surface area contributed by atoms with Crippen molar-refractivity contribution in [3.8, 4) is 5.75 Å². The van der Waals surface area contributed by atoms with Crippen molar-refractivity contribution in [2.75, 3.05) is 6.61 Å². The third kappa shape index (κ3) is 4.34. The van der Waals surface area contributed by atoms with Crippen molar-refractivity contribution in [2.45, 2.75) is 39.2 Å². The first kappa shape index (κ1) is 12.1. The maximum atomic E-state index is 5.81. The molecule has 0 saturated carbocycles. The van der Waals surface area contributed by atoms with Crippen LogP contribution in [0.4, 0.5) is 0 Å². The van der Waals surface area contributed by atoms with Gasteiger partial charge >= 0.3 is 0 Å². The number of rotatable bonds is 6. The van der Waals surface area contributed by atoms with E-state index in [0.29, 0.717) is 6.61 Å². The molecule has 0 bridgehead atoms. The van der Waals surface area contributed by atoms with Gasteiger partial charge in [0.25, 0.3) is 0 Å². The van der Waals surface area contributed by atoms with E-state index < -0.39 is 0 Å². The Morgan fingerprint density at radius 3 is 2.80 bits per heavy atom. The van der Waals surface area contributed by atoms with Gasteiger partial charge in [0.1, 0.15) is 5.75 Å². The Kier molecular flexibility index (Phi) is 5.19. The Hall–Kier alpha value is -1.02. The lowest BCUT2D eigenvalue weighted by molar-refractivity contribution is 0.296. The summed E-state index contributed by atoms with van der Waals surface area (Å²) in [4.78, 5) is 0. The molecule has 0 fully saturated rings. The molecule has 1 aromatic rings. The van der Waals surface area contributed by atoms with Crippen molar-refractivity contribution in [2.24, 2.45) is 5.73 Å². The summed E-state index contributed by atoms with van der Waals surface area (Å²) in [6, 6.07) is 8.51. The molecule has 15 heavy (non-hydrogen) atoms. The standard InChI is InChI=1S/C13H21NO/c1-3-11-6-5-7-13(10-11)15-9-8-12(14)4-2/h5-7,10,12H,3-4,8-9,14H2,1-2H3. The van der Waals surface area contributed by atoms with Gasteiger partial charge in [-0.1, -0.05) is 26.0 Å². The second-order valence-corrected chi connectivity index (χ2v) is 3.81. The first-order valence-electron chi connectivity index (χ1n) is 5.73. The van der Waals surface area contributed by atoms with Crippen LogP contribution in [-0.2, 0) is 6.42 Å². The molecule has 1 rings (SSSR count). The van der Waals surface area contributed by atoms with Crippen LogP contribution in [0.2, 0.25) is 0 Å². The van der Waals surface area contributed by atoms with Gasteiger partial charge in [-0.15, -0.1) is 0 Å². The van der Waals surface area contributed by atoms with Crippen LogP contribution >= 0.6 is 0 Å². The minimum absolute atomic E-state index is 0.263. The summed E-state index contributed by atoms with van der Waals surface area (Å²) in [5.41, 5.74) is 7.13. The normalized spacial score (nSPS) is 12.5. The van der Waals surface area contributed by atoms with E-state index in [1.807, 2.05) is 12.1 Å². The minimum Gasteiger partial charge on any atom is -0.494 e. The Morgan fingerprint density at radius 2 is 2.13 bits per heavy atom.